The molecule has 4 aliphatic rings. The summed E-state index contributed by atoms with van der Waals surface area (Å²) >= 11 is 0. The second-order valence-corrected chi connectivity index (χ2v) is 22.0. The van der Waals surface area contributed by atoms with Crippen molar-refractivity contribution in [1.29, 1.82) is 0 Å². The summed E-state index contributed by atoms with van der Waals surface area (Å²) in [6.45, 7) is 20.8. The molecular formula is C57H73F3N6O5. The van der Waals surface area contributed by atoms with E-state index in [9.17, 15) is 22.8 Å². The molecule has 6 aromatic rings. The smallest absolute Gasteiger partial charge is 0.475 e. The fraction of sp³-hybridized carbons (Fsp3) is 0.491. The molecule has 382 valence electrons. The minimum atomic E-state index is -5.08. The summed E-state index contributed by atoms with van der Waals surface area (Å²) in [5.74, 6) is -2.30. The zero-order valence-electron chi connectivity index (χ0n) is 43.1. The van der Waals surface area contributed by atoms with Crippen LogP contribution in [-0.2, 0) is 47.3 Å². The summed E-state index contributed by atoms with van der Waals surface area (Å²) in [7, 11) is 2.00. The minimum absolute atomic E-state index is 0.214. The number of alkyl halides is 3. The number of ketones is 1. The molecule has 2 aliphatic heterocycles. The number of nitrogens with zero attached hydrogens (tertiary/aromatic N) is 5. The highest BCUT2D eigenvalue weighted by Crippen LogP contribution is 2.39. The van der Waals surface area contributed by atoms with Crippen LogP contribution in [0.25, 0.3) is 33.2 Å². The molecule has 0 atom stereocenters. The summed E-state index contributed by atoms with van der Waals surface area (Å²) in [5.41, 5.74) is 14.5. The average molecular weight is 979 g/mol. The Hall–Kier alpha value is -6.02. The second kappa shape index (κ2) is 23.0. The SMILES string of the molecule is CC1(C)CCC(=O)CC1.CC1(C)CCC(N2CCc3cc(-c4ccc5nc[nH]c5c4)ccc3C2)CC1.Cc1ccc2c(c1)CCN(C(=O)OC(C)(C)C)C2.Cn1cnc2ccccc21.O=C(O)C(F)(F)F. The van der Waals surface area contributed by atoms with Crippen LogP contribution in [0.4, 0.5) is 18.0 Å². The number of carbonyl (C=O) groups excluding carboxylic acids is 2. The van der Waals surface area contributed by atoms with Gasteiger partial charge in [0.05, 0.1) is 34.7 Å². The number of hydrogen-bond acceptors (Lipinski definition) is 7. The Morgan fingerprint density at radius 3 is 1.97 bits per heavy atom. The van der Waals surface area contributed by atoms with Crippen molar-refractivity contribution in [2.75, 3.05) is 13.1 Å². The number of carbonyl (C=O) groups is 3. The van der Waals surface area contributed by atoms with E-state index < -0.39 is 17.7 Å². The Bertz CT molecular complexity index is 2750. The van der Waals surface area contributed by atoms with E-state index in [0.717, 1.165) is 67.8 Å². The van der Waals surface area contributed by atoms with E-state index in [1.807, 2.05) is 56.9 Å². The highest BCUT2D eigenvalue weighted by atomic mass is 19.4. The molecule has 2 aromatic heterocycles. The summed E-state index contributed by atoms with van der Waals surface area (Å²) in [4.78, 5) is 47.9. The van der Waals surface area contributed by atoms with Gasteiger partial charge in [0.15, 0.2) is 0 Å². The van der Waals surface area contributed by atoms with Crippen LogP contribution >= 0.6 is 0 Å². The van der Waals surface area contributed by atoms with E-state index in [0.29, 0.717) is 23.2 Å². The first kappa shape index (κ1) is 54.3. The van der Waals surface area contributed by atoms with Crippen molar-refractivity contribution in [3.8, 4) is 11.1 Å². The molecule has 0 saturated heterocycles. The largest absolute Gasteiger partial charge is 0.490 e. The van der Waals surface area contributed by atoms with Gasteiger partial charge in [-0.2, -0.15) is 13.2 Å². The number of Topliss-reactive ketones (excluding diaryl/α,β-unsaturated/α-hetero) is 1. The summed E-state index contributed by atoms with van der Waals surface area (Å²) < 4.78 is 39.1. The van der Waals surface area contributed by atoms with Crippen molar-refractivity contribution in [3.05, 3.63) is 119 Å². The molecule has 10 rings (SSSR count). The fourth-order valence-corrected chi connectivity index (χ4v) is 9.38. The van der Waals surface area contributed by atoms with Crippen molar-refractivity contribution >= 4 is 39.9 Å². The van der Waals surface area contributed by atoms with E-state index in [-0.39, 0.29) is 6.09 Å². The van der Waals surface area contributed by atoms with Crippen molar-refractivity contribution in [2.45, 2.75) is 151 Å². The van der Waals surface area contributed by atoms with Gasteiger partial charge in [0.25, 0.3) is 0 Å². The molecule has 2 saturated carbocycles. The minimum Gasteiger partial charge on any atom is -0.475 e. The maximum Gasteiger partial charge on any atom is 0.490 e. The maximum atomic E-state index is 12.0. The highest BCUT2D eigenvalue weighted by molar-refractivity contribution is 5.82. The number of aryl methyl sites for hydroxylation is 2. The van der Waals surface area contributed by atoms with Gasteiger partial charge in [0, 0.05) is 52.1 Å². The van der Waals surface area contributed by atoms with E-state index in [2.05, 4.69) is 115 Å². The number of aromatic nitrogens is 4. The van der Waals surface area contributed by atoms with E-state index in [1.165, 1.54) is 83.1 Å². The lowest BCUT2D eigenvalue weighted by molar-refractivity contribution is -0.192. The van der Waals surface area contributed by atoms with Gasteiger partial charge in [-0.25, -0.2) is 19.6 Å². The normalized spacial score (nSPS) is 17.6. The third kappa shape index (κ3) is 16.0. The number of amides is 1. The Morgan fingerprint density at radius 2 is 1.32 bits per heavy atom. The Kier molecular flexibility index (Phi) is 17.6. The van der Waals surface area contributed by atoms with Gasteiger partial charge in [-0.15, -0.1) is 0 Å². The van der Waals surface area contributed by atoms with Crippen molar-refractivity contribution in [1.82, 2.24) is 29.3 Å². The molecule has 0 radical (unpaired) electrons. The van der Waals surface area contributed by atoms with Crippen LogP contribution in [0.2, 0.25) is 0 Å². The lowest BCUT2D eigenvalue weighted by Crippen LogP contribution is -2.42. The van der Waals surface area contributed by atoms with Gasteiger partial charge in [-0.05, 0) is 148 Å². The first-order valence-electron chi connectivity index (χ1n) is 24.9. The molecule has 4 heterocycles. The number of benzene rings is 4. The van der Waals surface area contributed by atoms with Crippen LogP contribution < -0.4 is 0 Å². The summed E-state index contributed by atoms with van der Waals surface area (Å²) in [5, 5.41) is 7.12. The number of ether oxygens (including phenoxy) is 1. The van der Waals surface area contributed by atoms with Crippen LogP contribution in [0, 0.1) is 17.8 Å². The Labute approximate surface area is 417 Å². The van der Waals surface area contributed by atoms with Gasteiger partial charge in [0.1, 0.15) is 11.4 Å². The van der Waals surface area contributed by atoms with Crippen LogP contribution in [0.3, 0.4) is 0 Å². The maximum absolute atomic E-state index is 12.0. The molecule has 0 unspecified atom stereocenters. The molecule has 0 bridgehead atoms. The number of halogens is 3. The number of carboxylic acids is 1. The molecule has 0 spiro atoms. The van der Waals surface area contributed by atoms with Crippen molar-refractivity contribution in [2.24, 2.45) is 17.9 Å². The molecule has 1 amide bonds. The van der Waals surface area contributed by atoms with Crippen LogP contribution in [0.15, 0.2) is 91.5 Å². The molecule has 71 heavy (non-hydrogen) atoms. The molecule has 2 N–H and O–H groups in total. The number of carboxylic acid groups (broad SMARTS) is 1. The van der Waals surface area contributed by atoms with Crippen LogP contribution in [0.1, 0.15) is 128 Å². The van der Waals surface area contributed by atoms with Gasteiger partial charge < -0.3 is 24.3 Å². The van der Waals surface area contributed by atoms with E-state index in [4.69, 9.17) is 14.6 Å². The summed E-state index contributed by atoms with van der Waals surface area (Å²) in [6, 6.07) is 28.9. The number of para-hydroxylation sites is 2. The number of aliphatic carboxylic acids is 1. The van der Waals surface area contributed by atoms with Crippen molar-refractivity contribution < 1.29 is 37.4 Å². The average Bonchev–Trinajstić information content (AvgIpc) is 3.95. The van der Waals surface area contributed by atoms with E-state index in [1.54, 1.807) is 11.2 Å². The predicted molar refractivity (Wildman–Crippen MR) is 275 cm³/mol. The fourth-order valence-electron chi connectivity index (χ4n) is 9.38. The van der Waals surface area contributed by atoms with Crippen molar-refractivity contribution in [3.63, 3.8) is 0 Å². The standard InChI is InChI=1S/C24H29N3.C15H21NO2.C8H8N2.C8H14O.C2HF3O2/c1-24(2)10-7-21(8-11-24)27-12-9-19-13-17(3-4-20(19)15-27)18-5-6-22-23(14-18)26-16-25-22;1-11-5-6-13-10-16(8-7-12(13)9-11)14(17)18-15(2,3)4;1-10-6-9-7-4-2-3-5-8(7)10;1-8(2)5-3-7(9)4-6-8;3-2(4,5)1(6)7/h3-6,13-14,16,21H,7-12,15H2,1-2H3,(H,25,26);5-6,9H,7-8,10H2,1-4H3;2-6H,1H3;3-6H2,1-2H3;(H,6,7). The van der Waals surface area contributed by atoms with Gasteiger partial charge >= 0.3 is 18.2 Å². The first-order valence-corrected chi connectivity index (χ1v) is 24.9. The number of fused-ring (bicyclic) bond motifs is 4. The quantitative estimate of drug-likeness (QED) is 0.175. The molecule has 4 aromatic carbocycles. The summed E-state index contributed by atoms with van der Waals surface area (Å²) in [6.07, 6.45) is 9.66. The number of imidazole rings is 2. The zero-order chi connectivity index (χ0) is 51.7. The third-order valence-electron chi connectivity index (χ3n) is 13.9. The van der Waals surface area contributed by atoms with Gasteiger partial charge in [-0.1, -0.05) is 87.9 Å². The predicted octanol–water partition coefficient (Wildman–Crippen LogP) is 13.2. The van der Waals surface area contributed by atoms with Gasteiger partial charge in [-0.3, -0.25) is 9.69 Å². The topological polar surface area (TPSA) is 134 Å². The number of hydrogen-bond donors (Lipinski definition) is 2. The monoisotopic (exact) mass is 979 g/mol. The molecule has 11 nitrogen and oxygen atoms in total. The zero-order valence-corrected chi connectivity index (χ0v) is 43.1. The highest BCUT2D eigenvalue weighted by Gasteiger charge is 2.38. The number of rotatable bonds is 2. The number of H-pyrrole nitrogens is 1. The second-order valence-electron chi connectivity index (χ2n) is 22.0. The molecule has 2 fully saturated rings. The van der Waals surface area contributed by atoms with Gasteiger partial charge in [0.2, 0.25) is 0 Å². The number of aromatic amines is 1. The molecule has 14 heteroatoms. The lowest BCUT2D eigenvalue weighted by atomic mass is 9.75. The molecular weight excluding hydrogens is 906 g/mol. The lowest BCUT2D eigenvalue weighted by Gasteiger charge is -2.42. The first-order chi connectivity index (χ1) is 33.3. The molecule has 2 aliphatic carbocycles. The van der Waals surface area contributed by atoms with E-state index >= 15 is 0 Å². The Morgan fingerprint density at radius 1 is 0.732 bits per heavy atom. The van der Waals surface area contributed by atoms with Crippen LogP contribution in [-0.4, -0.2) is 83.2 Å². The van der Waals surface area contributed by atoms with Crippen LogP contribution in [0.5, 0.6) is 0 Å². The Balaban J connectivity index is 0.000000161. The third-order valence-corrected chi connectivity index (χ3v) is 13.9. The number of nitrogens with one attached hydrogen (secondary N) is 1.